The van der Waals surface area contributed by atoms with E-state index >= 15 is 0 Å². The summed E-state index contributed by atoms with van der Waals surface area (Å²) in [7, 11) is 0. The van der Waals surface area contributed by atoms with Gasteiger partial charge in [0.2, 0.25) is 5.91 Å². The summed E-state index contributed by atoms with van der Waals surface area (Å²) in [5, 5.41) is 0. The molecule has 0 spiro atoms. The van der Waals surface area contributed by atoms with Crippen LogP contribution < -0.4 is 5.73 Å². The van der Waals surface area contributed by atoms with E-state index in [1.165, 1.54) is 25.7 Å². The minimum absolute atomic E-state index is 0.386. The second kappa shape index (κ2) is 4.27. The summed E-state index contributed by atoms with van der Waals surface area (Å²) in [6, 6.07) is 0.415. The lowest BCUT2D eigenvalue weighted by molar-refractivity contribution is -0.133. The summed E-state index contributed by atoms with van der Waals surface area (Å²) in [6.07, 6.45) is 6.37. The molecule has 0 radical (unpaired) electrons. The van der Waals surface area contributed by atoms with E-state index in [2.05, 4.69) is 11.8 Å². The Morgan fingerprint density at radius 3 is 2.47 bits per heavy atom. The third-order valence-corrected chi connectivity index (χ3v) is 5.22. The molecule has 2 saturated carbocycles. The van der Waals surface area contributed by atoms with Crippen molar-refractivity contribution in [3.8, 4) is 0 Å². The molecule has 4 unspecified atom stereocenters. The summed E-state index contributed by atoms with van der Waals surface area (Å²) in [6.45, 7) is 3.82. The summed E-state index contributed by atoms with van der Waals surface area (Å²) < 4.78 is 0. The molecule has 4 atom stereocenters. The fourth-order valence-corrected chi connectivity index (χ4v) is 4.17. The lowest BCUT2D eigenvalue weighted by Gasteiger charge is -2.21. The number of carbonyl (C=O) groups is 1. The molecule has 3 rings (SSSR count). The van der Waals surface area contributed by atoms with Gasteiger partial charge in [0.1, 0.15) is 0 Å². The first kappa shape index (κ1) is 11.5. The number of nitrogens with two attached hydrogens (primary N) is 1. The van der Waals surface area contributed by atoms with Gasteiger partial charge in [-0.3, -0.25) is 4.79 Å². The van der Waals surface area contributed by atoms with Gasteiger partial charge in [-0.2, -0.15) is 0 Å². The molecule has 2 aliphatic carbocycles. The maximum atomic E-state index is 12.5. The van der Waals surface area contributed by atoms with Gasteiger partial charge in [0.05, 0.1) is 0 Å². The average Bonchev–Trinajstić information content (AvgIpc) is 2.95. The lowest BCUT2D eigenvalue weighted by Crippen LogP contribution is -2.36. The van der Waals surface area contributed by atoms with Gasteiger partial charge < -0.3 is 10.6 Å². The molecule has 3 heteroatoms. The van der Waals surface area contributed by atoms with Gasteiger partial charge in [-0.15, -0.1) is 0 Å². The highest BCUT2D eigenvalue weighted by Gasteiger charge is 2.56. The minimum Gasteiger partial charge on any atom is -0.339 e. The molecule has 3 nitrogen and oxygen atoms in total. The van der Waals surface area contributed by atoms with Gasteiger partial charge in [-0.1, -0.05) is 12.8 Å². The van der Waals surface area contributed by atoms with Crippen LogP contribution in [0.2, 0.25) is 0 Å². The molecule has 0 aromatic rings. The predicted molar refractivity (Wildman–Crippen MR) is 67.3 cm³/mol. The van der Waals surface area contributed by atoms with Gasteiger partial charge in [0.15, 0.2) is 0 Å². The van der Waals surface area contributed by atoms with Crippen LogP contribution in [-0.4, -0.2) is 29.9 Å². The molecule has 17 heavy (non-hydrogen) atoms. The topological polar surface area (TPSA) is 46.3 Å². The average molecular weight is 236 g/mol. The number of likely N-dealkylation sites (tertiary alicyclic amines) is 1. The van der Waals surface area contributed by atoms with Crippen LogP contribution in [0.3, 0.4) is 0 Å². The number of amides is 1. The van der Waals surface area contributed by atoms with Gasteiger partial charge in [0, 0.05) is 18.5 Å². The molecule has 0 aromatic carbocycles. The minimum atomic E-state index is 0.386. The number of rotatable bonds is 2. The zero-order valence-corrected chi connectivity index (χ0v) is 10.8. The monoisotopic (exact) mass is 236 g/mol. The standard InChI is InChI=1S/C14H24N2O/c1-9-6-10(7-15)8-16(9)14(17)13-11-4-2-3-5-12(11)13/h9-13H,2-8,15H2,1H3. The van der Waals surface area contributed by atoms with Crippen molar-refractivity contribution >= 4 is 5.91 Å². The first-order valence-corrected chi connectivity index (χ1v) is 7.23. The molecule has 3 fully saturated rings. The van der Waals surface area contributed by atoms with E-state index in [1.807, 2.05) is 0 Å². The lowest BCUT2D eigenvalue weighted by atomic mass is 10.0. The molecule has 3 aliphatic rings. The largest absolute Gasteiger partial charge is 0.339 e. The first-order chi connectivity index (χ1) is 8.22. The summed E-state index contributed by atoms with van der Waals surface area (Å²) in [4.78, 5) is 14.7. The van der Waals surface area contributed by atoms with E-state index in [9.17, 15) is 4.79 Å². The smallest absolute Gasteiger partial charge is 0.226 e. The quantitative estimate of drug-likeness (QED) is 0.792. The van der Waals surface area contributed by atoms with E-state index in [1.54, 1.807) is 0 Å². The molecule has 96 valence electrons. The van der Waals surface area contributed by atoms with Crippen LogP contribution in [0.1, 0.15) is 39.0 Å². The van der Waals surface area contributed by atoms with E-state index in [4.69, 9.17) is 5.73 Å². The Bertz CT molecular complexity index is 305. The maximum absolute atomic E-state index is 12.5. The zero-order valence-electron chi connectivity index (χ0n) is 10.8. The number of hydrogen-bond acceptors (Lipinski definition) is 2. The van der Waals surface area contributed by atoms with Crippen molar-refractivity contribution in [2.75, 3.05) is 13.1 Å². The van der Waals surface area contributed by atoms with Crippen molar-refractivity contribution in [3.63, 3.8) is 0 Å². The number of hydrogen-bond donors (Lipinski definition) is 1. The molecule has 0 bridgehead atoms. The third-order valence-electron chi connectivity index (χ3n) is 5.22. The Hall–Kier alpha value is -0.570. The van der Waals surface area contributed by atoms with Gasteiger partial charge in [-0.25, -0.2) is 0 Å². The molecule has 1 amide bonds. The molecule has 2 N–H and O–H groups in total. The first-order valence-electron chi connectivity index (χ1n) is 7.23. The number of fused-ring (bicyclic) bond motifs is 1. The van der Waals surface area contributed by atoms with Crippen LogP contribution in [0.4, 0.5) is 0 Å². The maximum Gasteiger partial charge on any atom is 0.226 e. The Balaban J connectivity index is 1.63. The second-order valence-corrected chi connectivity index (χ2v) is 6.32. The molecule has 1 saturated heterocycles. The molecule has 1 aliphatic heterocycles. The molecule has 0 aromatic heterocycles. The molecular formula is C14H24N2O. The van der Waals surface area contributed by atoms with Crippen molar-refractivity contribution in [2.45, 2.75) is 45.1 Å². The summed E-state index contributed by atoms with van der Waals surface area (Å²) >= 11 is 0. The van der Waals surface area contributed by atoms with Gasteiger partial charge >= 0.3 is 0 Å². The predicted octanol–water partition coefficient (Wildman–Crippen LogP) is 1.62. The van der Waals surface area contributed by atoms with Crippen LogP contribution in [0.15, 0.2) is 0 Å². The third kappa shape index (κ3) is 1.88. The van der Waals surface area contributed by atoms with Crippen LogP contribution in [0, 0.1) is 23.7 Å². The molecule has 1 heterocycles. The fraction of sp³-hybridized carbons (Fsp3) is 0.929. The normalized spacial score (nSPS) is 44.6. The van der Waals surface area contributed by atoms with Crippen molar-refractivity contribution < 1.29 is 4.79 Å². The molecular weight excluding hydrogens is 212 g/mol. The van der Waals surface area contributed by atoms with E-state index in [0.717, 1.165) is 31.3 Å². The second-order valence-electron chi connectivity index (χ2n) is 6.32. The van der Waals surface area contributed by atoms with Gasteiger partial charge in [-0.05, 0) is 50.5 Å². The Labute approximate surface area is 104 Å². The Morgan fingerprint density at radius 1 is 1.29 bits per heavy atom. The highest BCUT2D eigenvalue weighted by Crippen LogP contribution is 2.56. The number of carbonyl (C=O) groups excluding carboxylic acids is 1. The Kier molecular flexibility index (Phi) is 2.89. The van der Waals surface area contributed by atoms with Crippen molar-refractivity contribution in [1.82, 2.24) is 4.90 Å². The van der Waals surface area contributed by atoms with Gasteiger partial charge in [0.25, 0.3) is 0 Å². The van der Waals surface area contributed by atoms with Crippen molar-refractivity contribution in [1.29, 1.82) is 0 Å². The van der Waals surface area contributed by atoms with E-state index < -0.39 is 0 Å². The fourth-order valence-electron chi connectivity index (χ4n) is 4.17. The van der Waals surface area contributed by atoms with Crippen LogP contribution in [-0.2, 0) is 4.79 Å². The van der Waals surface area contributed by atoms with Crippen molar-refractivity contribution in [3.05, 3.63) is 0 Å². The SMILES string of the molecule is CC1CC(CN)CN1C(=O)C1C2CCCCC21. The van der Waals surface area contributed by atoms with Crippen LogP contribution >= 0.6 is 0 Å². The number of nitrogens with zero attached hydrogens (tertiary/aromatic N) is 1. The van der Waals surface area contributed by atoms with Crippen LogP contribution in [0.5, 0.6) is 0 Å². The highest BCUT2D eigenvalue weighted by molar-refractivity contribution is 5.83. The van der Waals surface area contributed by atoms with E-state index in [-0.39, 0.29) is 0 Å². The zero-order chi connectivity index (χ0) is 12.0. The summed E-state index contributed by atoms with van der Waals surface area (Å²) in [5.41, 5.74) is 5.73. The Morgan fingerprint density at radius 2 is 1.94 bits per heavy atom. The highest BCUT2D eigenvalue weighted by atomic mass is 16.2. The summed E-state index contributed by atoms with van der Waals surface area (Å²) in [5.74, 6) is 2.84. The van der Waals surface area contributed by atoms with Crippen LogP contribution in [0.25, 0.3) is 0 Å². The van der Waals surface area contributed by atoms with E-state index in [0.29, 0.717) is 23.8 Å². The van der Waals surface area contributed by atoms with Crippen molar-refractivity contribution in [2.24, 2.45) is 29.4 Å².